The summed E-state index contributed by atoms with van der Waals surface area (Å²) in [5.41, 5.74) is 0. The maximum atomic E-state index is 3.78. The summed E-state index contributed by atoms with van der Waals surface area (Å²) in [4.78, 5) is 2.16. The molecular weight excluding hydrogens is 146 g/mol. The molecule has 0 radical (unpaired) electrons. The van der Waals surface area contributed by atoms with Gasteiger partial charge >= 0.3 is 0 Å². The SMILES string of the molecule is C=CN1C=CC=CC1CCCC. The highest BCUT2D eigenvalue weighted by molar-refractivity contribution is 5.14. The summed E-state index contributed by atoms with van der Waals surface area (Å²) in [6, 6.07) is 0.535. The van der Waals surface area contributed by atoms with Crippen LogP contribution in [0.1, 0.15) is 26.2 Å². The molecule has 1 aliphatic rings. The average molecular weight is 163 g/mol. The van der Waals surface area contributed by atoms with Gasteiger partial charge in [-0.2, -0.15) is 0 Å². The normalized spacial score (nSPS) is 21.4. The highest BCUT2D eigenvalue weighted by Gasteiger charge is 2.09. The van der Waals surface area contributed by atoms with E-state index in [1.54, 1.807) is 0 Å². The van der Waals surface area contributed by atoms with Crippen molar-refractivity contribution in [1.29, 1.82) is 0 Å². The Hall–Kier alpha value is -0.980. The number of rotatable bonds is 4. The number of hydrogen-bond donors (Lipinski definition) is 0. The number of allylic oxidation sites excluding steroid dienone is 2. The molecule has 1 aliphatic heterocycles. The zero-order chi connectivity index (χ0) is 8.81. The first kappa shape index (κ1) is 9.11. The van der Waals surface area contributed by atoms with Crippen molar-refractivity contribution in [1.82, 2.24) is 4.90 Å². The molecular formula is C11H17N. The molecule has 0 aliphatic carbocycles. The first-order chi connectivity index (χ1) is 5.88. The van der Waals surface area contributed by atoms with Crippen molar-refractivity contribution in [3.8, 4) is 0 Å². The molecule has 66 valence electrons. The van der Waals surface area contributed by atoms with Gasteiger partial charge in [0.25, 0.3) is 0 Å². The summed E-state index contributed by atoms with van der Waals surface area (Å²) in [5, 5.41) is 0. The Bertz CT molecular complexity index is 191. The second kappa shape index (κ2) is 4.81. The molecule has 1 unspecified atom stereocenters. The zero-order valence-electron chi connectivity index (χ0n) is 7.74. The fourth-order valence-electron chi connectivity index (χ4n) is 1.41. The molecule has 1 heteroatoms. The molecule has 0 saturated heterocycles. The molecule has 0 aromatic carbocycles. The van der Waals surface area contributed by atoms with Gasteiger partial charge < -0.3 is 4.90 Å². The van der Waals surface area contributed by atoms with Crippen LogP contribution in [0.15, 0.2) is 37.2 Å². The molecule has 1 rings (SSSR count). The first-order valence-electron chi connectivity index (χ1n) is 4.63. The van der Waals surface area contributed by atoms with Crippen molar-refractivity contribution in [2.24, 2.45) is 0 Å². The molecule has 0 spiro atoms. The largest absolute Gasteiger partial charge is 0.348 e. The Morgan fingerprint density at radius 2 is 2.33 bits per heavy atom. The van der Waals surface area contributed by atoms with Crippen LogP contribution in [0.3, 0.4) is 0 Å². The van der Waals surface area contributed by atoms with Gasteiger partial charge in [0, 0.05) is 6.20 Å². The Labute approximate surface area is 75.1 Å². The standard InChI is InChI=1S/C11H17N/c1-3-5-8-11-9-6-7-10-12(11)4-2/h4,6-7,9-11H,2-3,5,8H2,1H3. The van der Waals surface area contributed by atoms with Gasteiger partial charge in [0.2, 0.25) is 0 Å². The Balaban J connectivity index is 2.44. The minimum absolute atomic E-state index is 0.535. The van der Waals surface area contributed by atoms with Gasteiger partial charge in [-0.05, 0) is 18.7 Å². The van der Waals surface area contributed by atoms with Crippen molar-refractivity contribution in [2.45, 2.75) is 32.2 Å². The molecule has 1 heterocycles. The summed E-state index contributed by atoms with van der Waals surface area (Å²) in [6.45, 7) is 6.01. The summed E-state index contributed by atoms with van der Waals surface area (Å²) in [6.07, 6.45) is 14.1. The maximum Gasteiger partial charge on any atom is 0.0513 e. The van der Waals surface area contributed by atoms with Gasteiger partial charge in [-0.3, -0.25) is 0 Å². The fourth-order valence-corrected chi connectivity index (χ4v) is 1.41. The highest BCUT2D eigenvalue weighted by Crippen LogP contribution is 2.14. The fraction of sp³-hybridized carbons (Fsp3) is 0.455. The quantitative estimate of drug-likeness (QED) is 0.615. The van der Waals surface area contributed by atoms with Crippen LogP contribution in [0.5, 0.6) is 0 Å². The molecule has 0 aromatic rings. The lowest BCUT2D eigenvalue weighted by Gasteiger charge is -2.26. The van der Waals surface area contributed by atoms with Crippen LogP contribution in [0.4, 0.5) is 0 Å². The Morgan fingerprint density at radius 1 is 1.50 bits per heavy atom. The van der Waals surface area contributed by atoms with E-state index in [1.165, 1.54) is 19.3 Å². The Kier molecular flexibility index (Phi) is 3.65. The van der Waals surface area contributed by atoms with Crippen LogP contribution in [0.2, 0.25) is 0 Å². The predicted octanol–water partition coefficient (Wildman–Crippen LogP) is 3.07. The predicted molar refractivity (Wildman–Crippen MR) is 53.6 cm³/mol. The molecule has 0 N–H and O–H groups in total. The van der Waals surface area contributed by atoms with Crippen LogP contribution in [0.25, 0.3) is 0 Å². The van der Waals surface area contributed by atoms with Crippen LogP contribution in [-0.2, 0) is 0 Å². The maximum absolute atomic E-state index is 3.78. The summed E-state index contributed by atoms with van der Waals surface area (Å²) < 4.78 is 0. The third-order valence-electron chi connectivity index (χ3n) is 2.15. The molecule has 0 fully saturated rings. The lowest BCUT2D eigenvalue weighted by atomic mass is 10.1. The van der Waals surface area contributed by atoms with E-state index < -0.39 is 0 Å². The lowest BCUT2D eigenvalue weighted by Crippen LogP contribution is -2.25. The van der Waals surface area contributed by atoms with Crippen molar-refractivity contribution in [3.05, 3.63) is 37.2 Å². The van der Waals surface area contributed by atoms with E-state index >= 15 is 0 Å². The van der Waals surface area contributed by atoms with Crippen molar-refractivity contribution >= 4 is 0 Å². The van der Waals surface area contributed by atoms with Gasteiger partial charge in [0.1, 0.15) is 0 Å². The molecule has 0 aromatic heterocycles. The van der Waals surface area contributed by atoms with E-state index in [9.17, 15) is 0 Å². The van der Waals surface area contributed by atoms with Gasteiger partial charge in [0.15, 0.2) is 0 Å². The van der Waals surface area contributed by atoms with E-state index in [4.69, 9.17) is 0 Å². The Morgan fingerprint density at radius 3 is 3.00 bits per heavy atom. The van der Waals surface area contributed by atoms with E-state index in [1.807, 2.05) is 12.3 Å². The van der Waals surface area contributed by atoms with Gasteiger partial charge in [-0.15, -0.1) is 0 Å². The van der Waals surface area contributed by atoms with E-state index in [0.29, 0.717) is 6.04 Å². The minimum atomic E-state index is 0.535. The van der Waals surface area contributed by atoms with Crippen LogP contribution < -0.4 is 0 Å². The third kappa shape index (κ3) is 2.26. The van der Waals surface area contributed by atoms with Gasteiger partial charge in [-0.25, -0.2) is 0 Å². The summed E-state index contributed by atoms with van der Waals surface area (Å²) in [5.74, 6) is 0. The van der Waals surface area contributed by atoms with E-state index in [0.717, 1.165) is 0 Å². The highest BCUT2D eigenvalue weighted by atomic mass is 15.1. The summed E-state index contributed by atoms with van der Waals surface area (Å²) in [7, 11) is 0. The van der Waals surface area contributed by atoms with Crippen LogP contribution in [0, 0.1) is 0 Å². The smallest absolute Gasteiger partial charge is 0.0513 e. The lowest BCUT2D eigenvalue weighted by molar-refractivity contribution is 0.390. The molecule has 0 amide bonds. The number of unbranched alkanes of at least 4 members (excludes halogenated alkanes) is 1. The van der Waals surface area contributed by atoms with E-state index in [-0.39, 0.29) is 0 Å². The second-order valence-corrected chi connectivity index (χ2v) is 3.07. The minimum Gasteiger partial charge on any atom is -0.348 e. The number of nitrogens with zero attached hydrogens (tertiary/aromatic N) is 1. The molecule has 1 atom stereocenters. The first-order valence-corrected chi connectivity index (χ1v) is 4.63. The molecule has 0 bridgehead atoms. The average Bonchev–Trinajstić information content (AvgIpc) is 2.15. The zero-order valence-corrected chi connectivity index (χ0v) is 7.74. The topological polar surface area (TPSA) is 3.24 Å². The molecule has 1 nitrogen and oxygen atoms in total. The van der Waals surface area contributed by atoms with Crippen molar-refractivity contribution in [3.63, 3.8) is 0 Å². The van der Waals surface area contributed by atoms with Gasteiger partial charge in [-0.1, -0.05) is 38.5 Å². The van der Waals surface area contributed by atoms with Crippen molar-refractivity contribution < 1.29 is 0 Å². The number of hydrogen-bond acceptors (Lipinski definition) is 1. The van der Waals surface area contributed by atoms with Crippen LogP contribution in [-0.4, -0.2) is 10.9 Å². The molecule has 12 heavy (non-hydrogen) atoms. The van der Waals surface area contributed by atoms with Gasteiger partial charge in [0.05, 0.1) is 6.04 Å². The van der Waals surface area contributed by atoms with E-state index in [2.05, 4.69) is 36.8 Å². The van der Waals surface area contributed by atoms with Crippen LogP contribution >= 0.6 is 0 Å². The summed E-state index contributed by atoms with van der Waals surface area (Å²) >= 11 is 0. The molecule has 0 saturated carbocycles. The third-order valence-corrected chi connectivity index (χ3v) is 2.15. The second-order valence-electron chi connectivity index (χ2n) is 3.07. The van der Waals surface area contributed by atoms with Crippen molar-refractivity contribution in [2.75, 3.05) is 0 Å². The monoisotopic (exact) mass is 163 g/mol.